The van der Waals surface area contributed by atoms with Gasteiger partial charge in [0, 0.05) is 6.42 Å². The largest absolute Gasteiger partial charge is 0.373 e. The van der Waals surface area contributed by atoms with Crippen molar-refractivity contribution in [1.29, 1.82) is 0 Å². The average molecular weight is 369 g/mol. The van der Waals surface area contributed by atoms with Gasteiger partial charge in [-0.15, -0.1) is 6.58 Å². The number of allylic oxidation sites excluding steroid dienone is 1. The van der Waals surface area contributed by atoms with E-state index >= 15 is 0 Å². The summed E-state index contributed by atoms with van der Waals surface area (Å²) in [6.45, 7) is 9.43. The molecular weight excluding hydrogens is 332 g/mol. The van der Waals surface area contributed by atoms with E-state index in [0.29, 0.717) is 29.8 Å². The van der Waals surface area contributed by atoms with E-state index < -0.39 is 0 Å². The van der Waals surface area contributed by atoms with Crippen LogP contribution < -0.4 is 0 Å². The molecule has 5 aliphatic carbocycles. The molecule has 4 saturated carbocycles. The maximum absolute atomic E-state index is 12.1. The topological polar surface area (TPSA) is 26.3 Å². The van der Waals surface area contributed by atoms with Gasteiger partial charge in [0.25, 0.3) is 0 Å². The van der Waals surface area contributed by atoms with E-state index in [4.69, 9.17) is 4.74 Å². The Kier molecular flexibility index (Phi) is 4.42. The molecule has 0 bridgehead atoms. The van der Waals surface area contributed by atoms with E-state index in [-0.39, 0.29) is 0 Å². The third kappa shape index (κ3) is 2.51. The van der Waals surface area contributed by atoms with Crippen LogP contribution in [0.1, 0.15) is 65.2 Å². The fourth-order valence-corrected chi connectivity index (χ4v) is 8.52. The molecule has 0 amide bonds. The number of ether oxygens (including phenoxy) is 1. The number of rotatable bonds is 5. The fourth-order valence-electron chi connectivity index (χ4n) is 8.52. The van der Waals surface area contributed by atoms with Gasteiger partial charge in [-0.1, -0.05) is 31.9 Å². The minimum atomic E-state index is 0.384. The van der Waals surface area contributed by atoms with Crippen molar-refractivity contribution < 1.29 is 9.53 Å². The van der Waals surface area contributed by atoms with Gasteiger partial charge < -0.3 is 4.74 Å². The van der Waals surface area contributed by atoms with Gasteiger partial charge in [0.15, 0.2) is 5.78 Å². The van der Waals surface area contributed by atoms with E-state index in [2.05, 4.69) is 26.5 Å². The molecule has 0 N–H and O–H groups in total. The summed E-state index contributed by atoms with van der Waals surface area (Å²) in [6.07, 6.45) is 14.2. The summed E-state index contributed by atoms with van der Waals surface area (Å²) < 4.78 is 6.46. The highest BCUT2D eigenvalue weighted by Gasteiger charge is 2.71. The van der Waals surface area contributed by atoms with Crippen LogP contribution in [0.2, 0.25) is 0 Å². The van der Waals surface area contributed by atoms with Gasteiger partial charge in [0.05, 0.1) is 12.7 Å². The van der Waals surface area contributed by atoms with Crippen LogP contribution in [0.15, 0.2) is 24.3 Å². The van der Waals surface area contributed by atoms with Gasteiger partial charge in [-0.3, -0.25) is 4.79 Å². The summed E-state index contributed by atoms with van der Waals surface area (Å²) in [5.74, 6) is 6.15. The Morgan fingerprint density at radius 3 is 2.85 bits per heavy atom. The Morgan fingerprint density at radius 2 is 2.11 bits per heavy atom. The maximum atomic E-state index is 12.1. The molecule has 0 saturated heterocycles. The zero-order chi connectivity index (χ0) is 18.8. The minimum absolute atomic E-state index is 0.384. The third-order valence-corrected chi connectivity index (χ3v) is 9.48. The maximum Gasteiger partial charge on any atom is 0.155 e. The van der Waals surface area contributed by atoms with Crippen molar-refractivity contribution in [2.45, 2.75) is 71.3 Å². The number of carbonyl (C=O) groups excluding carboxylic acids is 1. The molecular formula is C25H36O2. The van der Waals surface area contributed by atoms with Gasteiger partial charge in [-0.05, 0) is 91.4 Å². The van der Waals surface area contributed by atoms with Gasteiger partial charge in [0.1, 0.15) is 0 Å². The molecule has 0 heterocycles. The van der Waals surface area contributed by atoms with Crippen molar-refractivity contribution in [3.63, 3.8) is 0 Å². The summed E-state index contributed by atoms with van der Waals surface area (Å²) in [4.78, 5) is 12.1. The third-order valence-electron chi connectivity index (χ3n) is 9.48. The van der Waals surface area contributed by atoms with Crippen LogP contribution in [0.3, 0.4) is 0 Å². The molecule has 27 heavy (non-hydrogen) atoms. The van der Waals surface area contributed by atoms with Crippen molar-refractivity contribution in [3.05, 3.63) is 24.3 Å². The van der Waals surface area contributed by atoms with E-state index in [1.807, 2.05) is 6.08 Å². The predicted octanol–water partition coefficient (Wildman–Crippen LogP) is 5.58. The van der Waals surface area contributed by atoms with Crippen molar-refractivity contribution >= 4 is 5.78 Å². The van der Waals surface area contributed by atoms with E-state index in [9.17, 15) is 4.79 Å². The summed E-state index contributed by atoms with van der Waals surface area (Å²) >= 11 is 0. The lowest BCUT2D eigenvalue weighted by molar-refractivity contribution is -0.125. The molecule has 2 heteroatoms. The summed E-state index contributed by atoms with van der Waals surface area (Å²) in [6, 6.07) is 0. The van der Waals surface area contributed by atoms with Crippen LogP contribution in [0.4, 0.5) is 0 Å². The Bertz CT molecular complexity index is 663. The van der Waals surface area contributed by atoms with Gasteiger partial charge in [0.2, 0.25) is 0 Å². The Balaban J connectivity index is 1.51. The van der Waals surface area contributed by atoms with Gasteiger partial charge in [-0.25, -0.2) is 0 Å². The van der Waals surface area contributed by atoms with E-state index in [1.165, 1.54) is 44.1 Å². The summed E-state index contributed by atoms with van der Waals surface area (Å²) in [7, 11) is 0. The van der Waals surface area contributed by atoms with Crippen molar-refractivity contribution in [2.75, 3.05) is 6.61 Å². The molecule has 4 fully saturated rings. The number of hydrogen-bond acceptors (Lipinski definition) is 2. The first kappa shape index (κ1) is 18.2. The molecule has 9 atom stereocenters. The first-order valence-electron chi connectivity index (χ1n) is 11.6. The molecule has 0 aromatic rings. The molecule has 0 aromatic heterocycles. The van der Waals surface area contributed by atoms with Gasteiger partial charge >= 0.3 is 0 Å². The number of ketones is 1. The van der Waals surface area contributed by atoms with Crippen LogP contribution in [-0.4, -0.2) is 18.5 Å². The molecule has 0 aliphatic heterocycles. The average Bonchev–Trinajstić information content (AvgIpc) is 3.41. The zero-order valence-corrected chi connectivity index (χ0v) is 17.2. The van der Waals surface area contributed by atoms with E-state index in [1.54, 1.807) is 0 Å². The van der Waals surface area contributed by atoms with Crippen molar-refractivity contribution in [2.24, 2.45) is 46.8 Å². The highest BCUT2D eigenvalue weighted by Crippen LogP contribution is 2.74. The second kappa shape index (κ2) is 6.58. The fraction of sp³-hybridized carbons (Fsp3) is 0.800. The van der Waals surface area contributed by atoms with Crippen LogP contribution in [0.5, 0.6) is 0 Å². The monoisotopic (exact) mass is 368 g/mol. The number of hydrogen-bond donors (Lipinski definition) is 0. The molecule has 0 spiro atoms. The second-order valence-corrected chi connectivity index (χ2v) is 10.2. The SMILES string of the molecule is C=CCOC1C2CC2C2C3C(CC)CC4=CC(=O)CCC4C3CCC12CC. The Morgan fingerprint density at radius 1 is 1.26 bits per heavy atom. The molecule has 5 rings (SSSR count). The first-order valence-corrected chi connectivity index (χ1v) is 11.6. The minimum Gasteiger partial charge on any atom is -0.373 e. The van der Waals surface area contributed by atoms with Crippen LogP contribution in [0.25, 0.3) is 0 Å². The Labute approximate surface area is 164 Å². The number of fused-ring (bicyclic) bond motifs is 7. The van der Waals surface area contributed by atoms with E-state index in [0.717, 1.165) is 48.3 Å². The lowest BCUT2D eigenvalue weighted by Crippen LogP contribution is -2.53. The molecule has 0 aromatic carbocycles. The summed E-state index contributed by atoms with van der Waals surface area (Å²) in [5, 5.41) is 0. The first-order chi connectivity index (χ1) is 13.1. The van der Waals surface area contributed by atoms with Crippen LogP contribution in [0, 0.1) is 46.8 Å². The molecule has 9 unspecified atom stereocenters. The standard InChI is InChI=1S/C25H36O2/c1-4-11-27-24-21-14-20(21)23-22-15(5-2)12-16-13-17(26)7-8-18(16)19(22)9-10-25(23,24)6-3/h4,13,15,18-24H,1,5-12,14H2,2-3H3. The second-order valence-electron chi connectivity index (χ2n) is 10.2. The lowest BCUT2D eigenvalue weighted by Gasteiger charge is -2.58. The predicted molar refractivity (Wildman–Crippen MR) is 108 cm³/mol. The normalized spacial score (nSPS) is 50.1. The Hall–Kier alpha value is -0.890. The smallest absolute Gasteiger partial charge is 0.155 e. The molecule has 2 nitrogen and oxygen atoms in total. The zero-order valence-electron chi connectivity index (χ0n) is 17.2. The van der Waals surface area contributed by atoms with Crippen LogP contribution in [-0.2, 0) is 9.53 Å². The molecule has 5 aliphatic rings. The molecule has 0 radical (unpaired) electrons. The molecule has 148 valence electrons. The number of carbonyl (C=O) groups is 1. The highest BCUT2D eigenvalue weighted by molar-refractivity contribution is 5.91. The van der Waals surface area contributed by atoms with Crippen LogP contribution >= 0.6 is 0 Å². The van der Waals surface area contributed by atoms with Crippen molar-refractivity contribution in [1.82, 2.24) is 0 Å². The highest BCUT2D eigenvalue weighted by atomic mass is 16.5. The quantitative estimate of drug-likeness (QED) is 0.592. The lowest BCUT2D eigenvalue weighted by atomic mass is 9.47. The van der Waals surface area contributed by atoms with Crippen molar-refractivity contribution in [3.8, 4) is 0 Å². The summed E-state index contributed by atoms with van der Waals surface area (Å²) in [5.41, 5.74) is 1.94. The van der Waals surface area contributed by atoms with Gasteiger partial charge in [-0.2, -0.15) is 0 Å².